The van der Waals surface area contributed by atoms with Crippen molar-refractivity contribution in [1.29, 1.82) is 0 Å². The van der Waals surface area contributed by atoms with Crippen LogP contribution < -0.4 is 4.72 Å². The Bertz CT molecular complexity index is 1270. The van der Waals surface area contributed by atoms with Crippen LogP contribution in [0.2, 0.25) is 0 Å². The molecule has 0 saturated carbocycles. The first kappa shape index (κ1) is 23.7. The summed E-state index contributed by atoms with van der Waals surface area (Å²) < 4.78 is 29.4. The number of nitrogens with zero attached hydrogens (tertiary/aromatic N) is 2. The number of thioether (sulfide) groups is 1. The highest BCUT2D eigenvalue weighted by atomic mass is 32.2. The van der Waals surface area contributed by atoms with E-state index < -0.39 is 15.7 Å². The summed E-state index contributed by atoms with van der Waals surface area (Å²) in [5.41, 5.74) is 3.14. The van der Waals surface area contributed by atoms with Gasteiger partial charge in [-0.05, 0) is 55.7 Å². The topological polar surface area (TPSA) is 82.5 Å². The zero-order valence-electron chi connectivity index (χ0n) is 18.6. The average Bonchev–Trinajstić information content (AvgIpc) is 3.03. The highest BCUT2D eigenvalue weighted by Crippen LogP contribution is 2.40. The Morgan fingerprint density at radius 1 is 1.15 bits per heavy atom. The number of nitrogens with one attached hydrogen (secondary N) is 1. The minimum atomic E-state index is -3.75. The molecule has 0 spiro atoms. The number of aliphatic hydroxyl groups is 1. The average molecular weight is 500 g/mol. The van der Waals surface area contributed by atoms with Gasteiger partial charge in [0.15, 0.2) is 5.72 Å². The lowest BCUT2D eigenvalue weighted by atomic mass is 10.0. The molecule has 3 aromatic rings. The molecular weight excluding hydrogens is 474 g/mol. The van der Waals surface area contributed by atoms with Crippen molar-refractivity contribution < 1.29 is 13.5 Å². The quantitative estimate of drug-likeness (QED) is 0.484. The maximum absolute atomic E-state index is 13.1. The maximum Gasteiger partial charge on any atom is 0.262 e. The SMILES string of the molecule is Cc1cc(C)c(S(=O)(=O)Nc2ccc(C3(O)CSC(=S)N3Cc3cccnc3)cc2)c(C)c1. The van der Waals surface area contributed by atoms with Gasteiger partial charge in [0.05, 0.1) is 10.6 Å². The number of thiocarbonyl (C=S) groups is 1. The molecule has 0 amide bonds. The van der Waals surface area contributed by atoms with Crippen molar-refractivity contribution in [1.82, 2.24) is 9.88 Å². The zero-order chi connectivity index (χ0) is 23.8. The van der Waals surface area contributed by atoms with Crippen LogP contribution in [0.1, 0.15) is 27.8 Å². The fourth-order valence-electron chi connectivity index (χ4n) is 4.18. The molecule has 1 fully saturated rings. The summed E-state index contributed by atoms with van der Waals surface area (Å²) >= 11 is 6.91. The van der Waals surface area contributed by atoms with Crippen LogP contribution in [0.25, 0.3) is 0 Å². The van der Waals surface area contributed by atoms with Crippen LogP contribution in [0.4, 0.5) is 5.69 Å². The molecule has 1 aliphatic rings. The number of hydrogen-bond donors (Lipinski definition) is 2. The number of anilines is 1. The first-order valence-electron chi connectivity index (χ1n) is 10.4. The van der Waals surface area contributed by atoms with Crippen LogP contribution >= 0.6 is 24.0 Å². The van der Waals surface area contributed by atoms with Crippen molar-refractivity contribution >= 4 is 44.0 Å². The van der Waals surface area contributed by atoms with E-state index in [9.17, 15) is 13.5 Å². The van der Waals surface area contributed by atoms with E-state index in [4.69, 9.17) is 12.2 Å². The predicted molar refractivity (Wildman–Crippen MR) is 137 cm³/mol. The molecule has 2 heterocycles. The van der Waals surface area contributed by atoms with E-state index in [0.29, 0.717) is 39.0 Å². The first-order valence-corrected chi connectivity index (χ1v) is 13.2. The number of aryl methyl sites for hydroxylation is 3. The molecule has 9 heteroatoms. The lowest BCUT2D eigenvalue weighted by Crippen LogP contribution is -2.44. The molecule has 4 rings (SSSR count). The number of rotatable bonds is 6. The van der Waals surface area contributed by atoms with E-state index in [1.807, 2.05) is 31.2 Å². The number of benzene rings is 2. The van der Waals surface area contributed by atoms with Gasteiger partial charge in [0.1, 0.15) is 4.32 Å². The molecule has 6 nitrogen and oxygen atoms in total. The van der Waals surface area contributed by atoms with Gasteiger partial charge in [0.25, 0.3) is 10.0 Å². The monoisotopic (exact) mass is 499 g/mol. The summed E-state index contributed by atoms with van der Waals surface area (Å²) in [6, 6.07) is 14.3. The summed E-state index contributed by atoms with van der Waals surface area (Å²) in [7, 11) is -3.75. The second kappa shape index (κ2) is 9.06. The fraction of sp³-hybridized carbons (Fsp3) is 0.250. The zero-order valence-corrected chi connectivity index (χ0v) is 21.0. The third-order valence-corrected chi connectivity index (χ3v) is 8.87. The Kier molecular flexibility index (Phi) is 6.50. The summed E-state index contributed by atoms with van der Waals surface area (Å²) in [4.78, 5) is 6.20. The van der Waals surface area contributed by atoms with E-state index in [0.717, 1.165) is 11.1 Å². The molecule has 1 aromatic heterocycles. The van der Waals surface area contributed by atoms with Crippen molar-refractivity contribution in [2.45, 2.75) is 37.9 Å². The van der Waals surface area contributed by atoms with Gasteiger partial charge in [-0.3, -0.25) is 9.71 Å². The lowest BCUT2D eigenvalue weighted by molar-refractivity contribution is -0.0508. The largest absolute Gasteiger partial charge is 0.366 e. The van der Waals surface area contributed by atoms with E-state index in [1.165, 1.54) is 11.8 Å². The predicted octanol–water partition coefficient (Wildman–Crippen LogP) is 4.49. The van der Waals surface area contributed by atoms with Crippen LogP contribution in [-0.4, -0.2) is 33.5 Å². The minimum Gasteiger partial charge on any atom is -0.366 e. The van der Waals surface area contributed by atoms with Gasteiger partial charge >= 0.3 is 0 Å². The van der Waals surface area contributed by atoms with E-state index in [1.54, 1.807) is 55.4 Å². The van der Waals surface area contributed by atoms with Crippen LogP contribution in [0.5, 0.6) is 0 Å². The smallest absolute Gasteiger partial charge is 0.262 e. The van der Waals surface area contributed by atoms with Crippen molar-refractivity contribution in [3.63, 3.8) is 0 Å². The van der Waals surface area contributed by atoms with Gasteiger partial charge in [0, 0.05) is 30.2 Å². The van der Waals surface area contributed by atoms with Gasteiger partial charge in [0.2, 0.25) is 0 Å². The Morgan fingerprint density at radius 3 is 2.42 bits per heavy atom. The summed E-state index contributed by atoms with van der Waals surface area (Å²) in [5.74, 6) is 0.388. The fourth-order valence-corrected chi connectivity index (χ4v) is 7.11. The van der Waals surface area contributed by atoms with Crippen LogP contribution in [-0.2, 0) is 22.3 Å². The molecule has 0 radical (unpaired) electrons. The molecule has 1 saturated heterocycles. The number of aromatic nitrogens is 1. The second-order valence-electron chi connectivity index (χ2n) is 8.23. The lowest BCUT2D eigenvalue weighted by Gasteiger charge is -2.34. The molecule has 172 valence electrons. The summed E-state index contributed by atoms with van der Waals surface area (Å²) in [5, 5.41) is 11.5. The number of sulfonamides is 1. The van der Waals surface area contributed by atoms with Crippen molar-refractivity contribution in [2.75, 3.05) is 10.5 Å². The third kappa shape index (κ3) is 4.77. The van der Waals surface area contributed by atoms with Crippen LogP contribution in [0.3, 0.4) is 0 Å². The van der Waals surface area contributed by atoms with E-state index in [-0.39, 0.29) is 4.90 Å². The maximum atomic E-state index is 13.1. The van der Waals surface area contributed by atoms with Gasteiger partial charge in [-0.25, -0.2) is 8.42 Å². The molecule has 0 bridgehead atoms. The molecule has 1 atom stereocenters. The van der Waals surface area contributed by atoms with Crippen molar-refractivity contribution in [3.8, 4) is 0 Å². The van der Waals surface area contributed by atoms with Crippen molar-refractivity contribution in [2.24, 2.45) is 0 Å². The molecule has 1 aliphatic heterocycles. The van der Waals surface area contributed by atoms with Gasteiger partial charge < -0.3 is 10.0 Å². The Hall–Kier alpha value is -2.46. The van der Waals surface area contributed by atoms with E-state index in [2.05, 4.69) is 9.71 Å². The minimum absolute atomic E-state index is 0.288. The van der Waals surface area contributed by atoms with Crippen LogP contribution in [0, 0.1) is 20.8 Å². The molecule has 33 heavy (non-hydrogen) atoms. The second-order valence-corrected chi connectivity index (χ2v) is 11.5. The van der Waals surface area contributed by atoms with E-state index >= 15 is 0 Å². The molecule has 2 N–H and O–H groups in total. The van der Waals surface area contributed by atoms with Crippen molar-refractivity contribution in [3.05, 3.63) is 88.7 Å². The standard InChI is InChI=1S/C24H25N3O3S3/c1-16-11-17(2)22(18(3)12-16)33(29,30)26-21-8-6-20(7-9-21)24(28)15-32-23(31)27(24)14-19-5-4-10-25-13-19/h4-13,26,28H,14-15H2,1-3H3. The highest BCUT2D eigenvalue weighted by Gasteiger charge is 2.44. The van der Waals surface area contributed by atoms with Gasteiger partial charge in [-0.2, -0.15) is 0 Å². The number of hydrogen-bond acceptors (Lipinski definition) is 6. The van der Waals surface area contributed by atoms with Gasteiger partial charge in [-0.15, -0.1) is 0 Å². The molecule has 2 aromatic carbocycles. The summed E-state index contributed by atoms with van der Waals surface area (Å²) in [6.45, 7) is 5.96. The van der Waals surface area contributed by atoms with Crippen LogP contribution in [0.15, 0.2) is 65.8 Å². The van der Waals surface area contributed by atoms with Gasteiger partial charge in [-0.1, -0.05) is 59.9 Å². The molecule has 0 aliphatic carbocycles. The Labute approximate surface area is 204 Å². The highest BCUT2D eigenvalue weighted by molar-refractivity contribution is 8.23. The molecule has 1 unspecified atom stereocenters. The first-order chi connectivity index (χ1) is 15.6. The summed E-state index contributed by atoms with van der Waals surface area (Å²) in [6.07, 6.45) is 3.45. The number of pyridine rings is 1. The molecular formula is C24H25N3O3S3. The third-order valence-electron chi connectivity index (χ3n) is 5.60. The Morgan fingerprint density at radius 2 is 1.82 bits per heavy atom. The Balaban J connectivity index is 1.58. The normalized spacial score (nSPS) is 18.5.